The van der Waals surface area contributed by atoms with Crippen LogP contribution in [0.1, 0.15) is 66.0 Å². The summed E-state index contributed by atoms with van der Waals surface area (Å²) >= 11 is 0. The molecule has 0 aliphatic rings. The van der Waals surface area contributed by atoms with Gasteiger partial charge in [-0.05, 0) is 59.1 Å². The van der Waals surface area contributed by atoms with Gasteiger partial charge in [-0.15, -0.1) is 6.42 Å². The average molecular weight is 382 g/mol. The first kappa shape index (κ1) is 23.8. The fourth-order valence-corrected chi connectivity index (χ4v) is 3.24. The largest absolute Gasteiger partial charge is 0.391 e. The third kappa shape index (κ3) is 5.61. The van der Waals surface area contributed by atoms with Gasteiger partial charge in [-0.25, -0.2) is 4.39 Å². The van der Waals surface area contributed by atoms with Crippen molar-refractivity contribution in [1.29, 1.82) is 0 Å². The maximum Gasteiger partial charge on any atom is 0.127 e. The summed E-state index contributed by atoms with van der Waals surface area (Å²) in [7, 11) is 1.90. The predicted octanol–water partition coefficient (Wildman–Crippen LogP) is 6.71. The normalized spacial score (nSPS) is 14.1. The number of allylic oxidation sites excluding steroid dienone is 6. The minimum atomic E-state index is -0.293. The van der Waals surface area contributed by atoms with Gasteiger partial charge in [0.25, 0.3) is 0 Å². The molecule has 1 rings (SSSR count). The Hall–Kier alpha value is -2.27. The van der Waals surface area contributed by atoms with E-state index in [1.165, 1.54) is 0 Å². The van der Waals surface area contributed by atoms with Gasteiger partial charge in [-0.2, -0.15) is 0 Å². The van der Waals surface area contributed by atoms with Gasteiger partial charge in [0.05, 0.1) is 0 Å². The van der Waals surface area contributed by atoms with Crippen LogP contribution in [0.4, 0.5) is 4.39 Å². The van der Waals surface area contributed by atoms with Crippen LogP contribution in [0.3, 0.4) is 0 Å². The summed E-state index contributed by atoms with van der Waals surface area (Å²) in [5.41, 5.74) is 4.53. The fourth-order valence-electron chi connectivity index (χ4n) is 3.24. The highest BCUT2D eigenvalue weighted by molar-refractivity contribution is 5.40. The van der Waals surface area contributed by atoms with E-state index in [4.69, 9.17) is 6.42 Å². The van der Waals surface area contributed by atoms with Gasteiger partial charge in [0.2, 0.25) is 0 Å². The first-order valence-corrected chi connectivity index (χ1v) is 9.98. The molecule has 0 fully saturated rings. The zero-order chi connectivity index (χ0) is 21.5. The molecule has 0 aliphatic carbocycles. The lowest BCUT2D eigenvalue weighted by Crippen LogP contribution is -2.38. The Kier molecular flexibility index (Phi) is 8.30. The molecule has 0 radical (unpaired) electrons. The first-order chi connectivity index (χ1) is 13.0. The van der Waals surface area contributed by atoms with E-state index in [-0.39, 0.29) is 16.6 Å². The topological polar surface area (TPSA) is 12.0 Å². The van der Waals surface area contributed by atoms with Crippen LogP contribution in [0, 0.1) is 23.6 Å². The number of hydrogen-bond acceptors (Lipinski definition) is 1. The molecule has 1 aromatic rings. The summed E-state index contributed by atoms with van der Waals surface area (Å²) in [4.78, 5) is 0. The van der Waals surface area contributed by atoms with E-state index in [1.54, 1.807) is 12.1 Å². The lowest BCUT2D eigenvalue weighted by atomic mass is 9.61. The Balaban J connectivity index is 3.38. The number of terminal acetylenes is 1. The Labute approximate surface area is 171 Å². The molecule has 152 valence electrons. The van der Waals surface area contributed by atoms with Crippen molar-refractivity contribution < 1.29 is 4.39 Å². The van der Waals surface area contributed by atoms with E-state index in [2.05, 4.69) is 51.9 Å². The molecule has 0 unspecified atom stereocenters. The van der Waals surface area contributed by atoms with Crippen molar-refractivity contribution in [3.63, 3.8) is 0 Å². The molecule has 1 N–H and O–H groups in total. The zero-order valence-corrected chi connectivity index (χ0v) is 18.8. The standard InChI is InChI=1S/C26H36FN/c1-10-19(3)15-16-20(4)17-22(28-9)18-21-13-12-14-23(27)24(21)26(7,8)25(5,6)11-2/h1,12-17,28H,11,18H2,2-9H3/b19-15+,20-16+,22-17-. The molecule has 0 saturated carbocycles. The number of halogens is 1. The number of likely N-dealkylation sites (N-methyl/N-ethyl adjacent to an activating group) is 1. The molecule has 0 aromatic heterocycles. The molecule has 0 spiro atoms. The van der Waals surface area contributed by atoms with Crippen LogP contribution in [0.5, 0.6) is 0 Å². The first-order valence-electron chi connectivity index (χ1n) is 9.98. The van der Waals surface area contributed by atoms with Gasteiger partial charge < -0.3 is 5.32 Å². The molecule has 0 bridgehead atoms. The summed E-state index contributed by atoms with van der Waals surface area (Å²) in [6.07, 6.45) is 13.0. The molecule has 0 heterocycles. The Morgan fingerprint density at radius 2 is 1.82 bits per heavy atom. The summed E-state index contributed by atoms with van der Waals surface area (Å²) in [6, 6.07) is 5.42. The summed E-state index contributed by atoms with van der Waals surface area (Å²) in [5.74, 6) is 2.49. The second-order valence-electron chi connectivity index (χ2n) is 8.64. The molecule has 0 saturated heterocycles. The lowest BCUT2D eigenvalue weighted by Gasteiger charge is -2.43. The Morgan fingerprint density at radius 3 is 2.36 bits per heavy atom. The van der Waals surface area contributed by atoms with Crippen LogP contribution in [-0.4, -0.2) is 7.05 Å². The van der Waals surface area contributed by atoms with Crippen molar-refractivity contribution in [2.45, 2.75) is 66.7 Å². The van der Waals surface area contributed by atoms with Gasteiger partial charge >= 0.3 is 0 Å². The van der Waals surface area contributed by atoms with Crippen molar-refractivity contribution in [3.05, 3.63) is 70.2 Å². The van der Waals surface area contributed by atoms with E-state index < -0.39 is 0 Å². The highest BCUT2D eigenvalue weighted by atomic mass is 19.1. The molecule has 2 heteroatoms. The van der Waals surface area contributed by atoms with Crippen molar-refractivity contribution >= 4 is 0 Å². The highest BCUT2D eigenvalue weighted by Crippen LogP contribution is 2.46. The van der Waals surface area contributed by atoms with Crippen LogP contribution in [0.2, 0.25) is 0 Å². The van der Waals surface area contributed by atoms with Crippen molar-refractivity contribution in [2.75, 3.05) is 7.05 Å². The fraction of sp³-hybridized carbons (Fsp3) is 0.462. The van der Waals surface area contributed by atoms with E-state index in [0.717, 1.165) is 34.4 Å². The lowest BCUT2D eigenvalue weighted by molar-refractivity contribution is 0.183. The van der Waals surface area contributed by atoms with Crippen molar-refractivity contribution in [1.82, 2.24) is 5.32 Å². The van der Waals surface area contributed by atoms with Crippen LogP contribution in [0.15, 0.2) is 53.3 Å². The summed E-state index contributed by atoms with van der Waals surface area (Å²) < 4.78 is 15.0. The van der Waals surface area contributed by atoms with Gasteiger partial charge in [-0.1, -0.05) is 71.2 Å². The number of benzene rings is 1. The molecule has 0 aliphatic heterocycles. The molecular weight excluding hydrogens is 345 g/mol. The predicted molar refractivity (Wildman–Crippen MR) is 121 cm³/mol. The maximum atomic E-state index is 15.0. The molecule has 1 nitrogen and oxygen atoms in total. The SMILES string of the molecule is C#C/C(C)=C/C=C(C)/C=C(/Cc1cccc(F)c1C(C)(C)C(C)(C)CC)NC. The minimum Gasteiger partial charge on any atom is -0.391 e. The third-order valence-electron chi connectivity index (χ3n) is 6.23. The second-order valence-corrected chi connectivity index (χ2v) is 8.64. The van der Waals surface area contributed by atoms with Crippen molar-refractivity contribution in [3.8, 4) is 12.3 Å². The van der Waals surface area contributed by atoms with E-state index >= 15 is 4.39 Å². The second kappa shape index (κ2) is 9.78. The summed E-state index contributed by atoms with van der Waals surface area (Å²) in [5, 5.41) is 3.27. The van der Waals surface area contributed by atoms with Gasteiger partial charge in [0.1, 0.15) is 5.82 Å². The van der Waals surface area contributed by atoms with Crippen molar-refractivity contribution in [2.24, 2.45) is 5.41 Å². The molecule has 0 atom stereocenters. The number of hydrogen-bond donors (Lipinski definition) is 1. The van der Waals surface area contributed by atoms with Gasteiger partial charge in [0, 0.05) is 19.2 Å². The van der Waals surface area contributed by atoms with E-state index in [0.29, 0.717) is 6.42 Å². The quantitative estimate of drug-likeness (QED) is 0.390. The van der Waals surface area contributed by atoms with Crippen LogP contribution in [-0.2, 0) is 11.8 Å². The van der Waals surface area contributed by atoms with Crippen LogP contribution in [0.25, 0.3) is 0 Å². The van der Waals surface area contributed by atoms with E-state index in [1.807, 2.05) is 39.1 Å². The number of rotatable bonds is 8. The maximum absolute atomic E-state index is 15.0. The number of nitrogens with one attached hydrogen (secondary N) is 1. The summed E-state index contributed by atoms with van der Waals surface area (Å²) in [6.45, 7) is 14.8. The molecular formula is C26H36FN. The smallest absolute Gasteiger partial charge is 0.127 e. The minimum absolute atomic E-state index is 0.0270. The highest BCUT2D eigenvalue weighted by Gasteiger charge is 2.40. The average Bonchev–Trinajstić information content (AvgIpc) is 2.64. The third-order valence-corrected chi connectivity index (χ3v) is 6.23. The molecule has 28 heavy (non-hydrogen) atoms. The van der Waals surface area contributed by atoms with Gasteiger partial charge in [0.15, 0.2) is 0 Å². The zero-order valence-electron chi connectivity index (χ0n) is 18.8. The molecule has 0 amide bonds. The Morgan fingerprint density at radius 1 is 1.18 bits per heavy atom. The monoisotopic (exact) mass is 381 g/mol. The molecule has 1 aromatic carbocycles. The van der Waals surface area contributed by atoms with Gasteiger partial charge in [-0.3, -0.25) is 0 Å². The van der Waals surface area contributed by atoms with Crippen LogP contribution < -0.4 is 5.32 Å². The van der Waals surface area contributed by atoms with E-state index in [9.17, 15) is 0 Å². The van der Waals surface area contributed by atoms with Crippen LogP contribution >= 0.6 is 0 Å². The Bertz CT molecular complexity index is 813.